The lowest BCUT2D eigenvalue weighted by Gasteiger charge is -2.21. The molecule has 2 heterocycles. The van der Waals surface area contributed by atoms with E-state index in [1.165, 1.54) is 17.0 Å². The highest BCUT2D eigenvalue weighted by Crippen LogP contribution is 2.43. The van der Waals surface area contributed by atoms with E-state index in [1.807, 2.05) is 44.2 Å². The van der Waals surface area contributed by atoms with E-state index in [0.29, 0.717) is 17.0 Å². The Morgan fingerprint density at radius 3 is 2.65 bits per heavy atom. The lowest BCUT2D eigenvalue weighted by molar-refractivity contribution is -0.122. The van der Waals surface area contributed by atoms with Crippen molar-refractivity contribution in [2.24, 2.45) is 0 Å². The Labute approximate surface area is 201 Å². The van der Waals surface area contributed by atoms with E-state index in [4.69, 9.17) is 16.0 Å². The monoisotopic (exact) mass is 476 g/mol. The van der Waals surface area contributed by atoms with Crippen molar-refractivity contribution in [1.29, 1.82) is 0 Å². The van der Waals surface area contributed by atoms with Crippen molar-refractivity contribution in [1.82, 2.24) is 5.32 Å². The maximum atomic E-state index is 14.5. The number of benzene rings is 3. The molecule has 0 saturated heterocycles. The van der Waals surface area contributed by atoms with Gasteiger partial charge in [0.15, 0.2) is 0 Å². The third-order valence-corrected chi connectivity index (χ3v) is 6.64. The number of nitrogens with one attached hydrogen (secondary N) is 1. The number of halogens is 2. The van der Waals surface area contributed by atoms with Gasteiger partial charge in [-0.25, -0.2) is 4.39 Å². The fraction of sp³-hybridized carbons (Fsp3) is 0.185. The number of furan rings is 1. The van der Waals surface area contributed by atoms with E-state index < -0.39 is 11.2 Å². The van der Waals surface area contributed by atoms with Crippen molar-refractivity contribution in [3.05, 3.63) is 100 Å². The highest BCUT2D eigenvalue weighted by molar-refractivity contribution is 6.31. The Morgan fingerprint density at radius 2 is 1.88 bits per heavy atom. The van der Waals surface area contributed by atoms with Crippen LogP contribution in [0.25, 0.3) is 11.0 Å². The minimum Gasteiger partial charge on any atom is -0.459 e. The van der Waals surface area contributed by atoms with Crippen molar-refractivity contribution in [3.8, 4) is 0 Å². The maximum absolute atomic E-state index is 14.5. The van der Waals surface area contributed by atoms with Crippen LogP contribution in [0.4, 0.5) is 10.1 Å². The van der Waals surface area contributed by atoms with Crippen LogP contribution in [0.15, 0.2) is 71.1 Å². The molecule has 1 aliphatic heterocycles. The smallest absolute Gasteiger partial charge is 0.251 e. The number of hydrogen-bond donors (Lipinski definition) is 1. The third kappa shape index (κ3) is 3.74. The molecule has 1 aromatic heterocycles. The topological polar surface area (TPSA) is 62.6 Å². The molecular formula is C27H22ClFN2O3. The lowest BCUT2D eigenvalue weighted by atomic mass is 9.86. The molecular weight excluding hydrogens is 455 g/mol. The summed E-state index contributed by atoms with van der Waals surface area (Å²) < 4.78 is 20.2. The minimum absolute atomic E-state index is 0.0230. The van der Waals surface area contributed by atoms with Crippen molar-refractivity contribution < 1.29 is 18.4 Å². The first kappa shape index (κ1) is 22.2. The quantitative estimate of drug-likeness (QED) is 0.385. The molecule has 1 N–H and O–H groups in total. The molecule has 0 spiro atoms. The average Bonchev–Trinajstić information content (AvgIpc) is 3.32. The van der Waals surface area contributed by atoms with Crippen molar-refractivity contribution in [3.63, 3.8) is 0 Å². The summed E-state index contributed by atoms with van der Waals surface area (Å²) in [7, 11) is 0. The Balaban J connectivity index is 1.41. The van der Waals surface area contributed by atoms with Crippen LogP contribution in [-0.4, -0.2) is 11.8 Å². The molecule has 0 atom stereocenters. The van der Waals surface area contributed by atoms with Crippen LogP contribution in [-0.2, 0) is 23.3 Å². The van der Waals surface area contributed by atoms with Crippen LogP contribution in [0, 0.1) is 5.82 Å². The van der Waals surface area contributed by atoms with Gasteiger partial charge in [-0.1, -0.05) is 41.9 Å². The Bertz CT molecular complexity index is 1390. The van der Waals surface area contributed by atoms with E-state index in [2.05, 4.69) is 5.32 Å². The molecule has 5 rings (SSSR count). The van der Waals surface area contributed by atoms with Gasteiger partial charge in [0.25, 0.3) is 5.91 Å². The van der Waals surface area contributed by atoms with Crippen LogP contribution in [0.3, 0.4) is 0 Å². The molecule has 0 fully saturated rings. The van der Waals surface area contributed by atoms with Crippen molar-refractivity contribution in [2.45, 2.75) is 32.4 Å². The van der Waals surface area contributed by atoms with Crippen LogP contribution < -0.4 is 10.2 Å². The van der Waals surface area contributed by atoms with Gasteiger partial charge in [0.05, 0.1) is 18.5 Å². The summed E-state index contributed by atoms with van der Waals surface area (Å²) in [6, 6.07) is 19.1. The molecule has 7 heteroatoms. The summed E-state index contributed by atoms with van der Waals surface area (Å²) in [4.78, 5) is 27.6. The normalized spacial score (nSPS) is 14.5. The summed E-state index contributed by atoms with van der Waals surface area (Å²) in [5, 5.41) is 4.08. The van der Waals surface area contributed by atoms with E-state index in [-0.39, 0.29) is 35.5 Å². The highest BCUT2D eigenvalue weighted by Gasteiger charge is 2.44. The highest BCUT2D eigenvalue weighted by atomic mass is 35.5. The maximum Gasteiger partial charge on any atom is 0.251 e. The van der Waals surface area contributed by atoms with E-state index >= 15 is 0 Å². The van der Waals surface area contributed by atoms with Gasteiger partial charge in [-0.05, 0) is 55.8 Å². The molecule has 2 amide bonds. The Kier molecular flexibility index (Phi) is 5.41. The fourth-order valence-electron chi connectivity index (χ4n) is 4.38. The van der Waals surface area contributed by atoms with Crippen LogP contribution in [0.2, 0.25) is 5.02 Å². The minimum atomic E-state index is -0.809. The summed E-state index contributed by atoms with van der Waals surface area (Å²) in [6.07, 6.45) is 0. The van der Waals surface area contributed by atoms with Gasteiger partial charge in [0.1, 0.15) is 17.2 Å². The van der Waals surface area contributed by atoms with E-state index in [0.717, 1.165) is 16.5 Å². The zero-order valence-electron chi connectivity index (χ0n) is 18.7. The van der Waals surface area contributed by atoms with Crippen LogP contribution in [0.5, 0.6) is 0 Å². The number of anilines is 1. The molecule has 0 radical (unpaired) electrons. The number of amides is 2. The van der Waals surface area contributed by atoms with Gasteiger partial charge < -0.3 is 14.6 Å². The number of rotatable bonds is 5. The molecule has 5 nitrogen and oxygen atoms in total. The molecule has 0 aliphatic carbocycles. The Hall–Kier alpha value is -3.64. The molecule has 4 aromatic rings. The van der Waals surface area contributed by atoms with Gasteiger partial charge in [0, 0.05) is 27.2 Å². The summed E-state index contributed by atoms with van der Waals surface area (Å²) in [6.45, 7) is 3.84. The number of nitrogens with zero attached hydrogens (tertiary/aromatic N) is 1. The number of fused-ring (bicyclic) bond motifs is 2. The second-order valence-electron chi connectivity index (χ2n) is 8.88. The first-order valence-electron chi connectivity index (χ1n) is 10.9. The van der Waals surface area contributed by atoms with Gasteiger partial charge in [0.2, 0.25) is 5.91 Å². The zero-order valence-corrected chi connectivity index (χ0v) is 19.4. The number of para-hydroxylation sites is 1. The van der Waals surface area contributed by atoms with Crippen molar-refractivity contribution in [2.75, 3.05) is 4.90 Å². The summed E-state index contributed by atoms with van der Waals surface area (Å²) >= 11 is 6.21. The zero-order chi connectivity index (χ0) is 24.0. The number of carbonyl (C=O) groups is 2. The largest absolute Gasteiger partial charge is 0.459 e. The first-order chi connectivity index (χ1) is 16.3. The van der Waals surface area contributed by atoms with Gasteiger partial charge in [-0.2, -0.15) is 0 Å². The molecule has 172 valence electrons. The molecule has 34 heavy (non-hydrogen) atoms. The van der Waals surface area contributed by atoms with Crippen molar-refractivity contribution >= 4 is 40.1 Å². The molecule has 0 bridgehead atoms. The van der Waals surface area contributed by atoms with E-state index in [1.54, 1.807) is 24.3 Å². The summed E-state index contributed by atoms with van der Waals surface area (Å²) in [5.74, 6) is -0.319. The second-order valence-corrected chi connectivity index (χ2v) is 9.29. The van der Waals surface area contributed by atoms with Gasteiger partial charge >= 0.3 is 0 Å². The van der Waals surface area contributed by atoms with Gasteiger partial charge in [-0.3, -0.25) is 9.59 Å². The number of hydrogen-bond acceptors (Lipinski definition) is 3. The molecule has 1 aliphatic rings. The Morgan fingerprint density at radius 1 is 1.09 bits per heavy atom. The predicted molar refractivity (Wildman–Crippen MR) is 129 cm³/mol. The van der Waals surface area contributed by atoms with Crippen LogP contribution in [0.1, 0.15) is 41.1 Å². The SMILES string of the molecule is CC1(C)C(=O)N(Cc2c(F)cccc2Cl)c2cc(C(=O)NCc3cc4ccccc4o3)ccc21. The molecule has 3 aromatic carbocycles. The lowest BCUT2D eigenvalue weighted by Crippen LogP contribution is -2.36. The van der Waals surface area contributed by atoms with Gasteiger partial charge in [-0.15, -0.1) is 0 Å². The van der Waals surface area contributed by atoms with E-state index in [9.17, 15) is 14.0 Å². The average molecular weight is 477 g/mol. The molecule has 0 saturated carbocycles. The molecule has 0 unspecified atom stereocenters. The fourth-order valence-corrected chi connectivity index (χ4v) is 4.60. The second kappa shape index (κ2) is 8.29. The van der Waals surface area contributed by atoms with Crippen LogP contribution >= 0.6 is 11.6 Å². The summed E-state index contributed by atoms with van der Waals surface area (Å²) in [5.41, 5.74) is 1.93. The third-order valence-electron chi connectivity index (χ3n) is 6.28. The predicted octanol–water partition coefficient (Wildman–Crippen LogP) is 5.98. The standard InChI is InChI=1S/C27H22ClFN2O3/c1-27(2)20-11-10-17(25(32)30-14-18-12-16-6-3-4-9-24(16)34-18)13-23(20)31(26(27)33)15-19-21(28)7-5-8-22(19)29/h3-13H,14-15H2,1-2H3,(H,30,32). The first-order valence-corrected chi connectivity index (χ1v) is 11.3. The number of carbonyl (C=O) groups excluding carboxylic acids is 2.